The van der Waals surface area contributed by atoms with Crippen molar-refractivity contribution in [1.82, 2.24) is 4.90 Å². The Morgan fingerprint density at radius 3 is 2.55 bits per heavy atom. The minimum absolute atomic E-state index is 0.00645. The lowest BCUT2D eigenvalue weighted by Crippen LogP contribution is -2.29. The minimum Gasteiger partial charge on any atom is -0.497 e. The first-order valence-electron chi connectivity index (χ1n) is 9.27. The molecule has 2 aliphatic rings. The number of ether oxygens (including phenoxy) is 1. The number of benzene rings is 2. The number of amides is 1. The van der Waals surface area contributed by atoms with E-state index >= 15 is 0 Å². The third kappa shape index (κ3) is 3.81. The van der Waals surface area contributed by atoms with Crippen LogP contribution in [0.25, 0.3) is 0 Å². The molecule has 0 saturated carbocycles. The van der Waals surface area contributed by atoms with Crippen molar-refractivity contribution in [2.45, 2.75) is 18.7 Å². The molecule has 29 heavy (non-hydrogen) atoms. The Balaban J connectivity index is 1.74. The monoisotopic (exact) mass is 489 g/mol. The molecule has 0 spiro atoms. The molecule has 0 radical (unpaired) electrons. The summed E-state index contributed by atoms with van der Waals surface area (Å²) >= 11 is 6.56. The Bertz CT molecular complexity index is 1040. The summed E-state index contributed by atoms with van der Waals surface area (Å²) in [6, 6.07) is 13.8. The Labute approximate surface area is 187 Å². The minimum atomic E-state index is 0.00645. The first kappa shape index (κ1) is 20.4. The molecule has 2 aromatic carbocycles. The lowest BCUT2D eigenvalue weighted by molar-refractivity contribution is -0.122. The van der Waals surface area contributed by atoms with Crippen LogP contribution in [0.2, 0.25) is 0 Å². The first-order chi connectivity index (χ1) is 14.0. The maximum absolute atomic E-state index is 13.2. The second-order valence-corrected chi connectivity index (χ2v) is 9.26. The number of nitrogens with zero attached hydrogens (tertiary/aromatic N) is 3. The highest BCUT2D eigenvalue weighted by Gasteiger charge is 2.39. The van der Waals surface area contributed by atoms with Crippen molar-refractivity contribution in [3.8, 4) is 5.75 Å². The number of carbonyl (C=O) groups is 1. The maximum atomic E-state index is 13.2. The van der Waals surface area contributed by atoms with Gasteiger partial charge in [0.15, 0.2) is 5.17 Å². The zero-order chi connectivity index (χ0) is 20.5. The van der Waals surface area contributed by atoms with E-state index in [0.29, 0.717) is 11.7 Å². The molecule has 1 amide bonds. The number of hydrogen-bond acceptors (Lipinski definition) is 6. The number of methoxy groups -OCH3 is 1. The molecule has 0 atom stereocenters. The molecular formula is C21H20BrN3O2S2. The van der Waals surface area contributed by atoms with Gasteiger partial charge in [-0.1, -0.05) is 33.8 Å². The lowest BCUT2D eigenvalue weighted by Gasteiger charge is -2.19. The van der Waals surface area contributed by atoms with E-state index in [9.17, 15) is 4.79 Å². The summed E-state index contributed by atoms with van der Waals surface area (Å²) in [5.74, 6) is 0.818. The van der Waals surface area contributed by atoms with Crippen LogP contribution in [0.4, 0.5) is 11.4 Å². The fourth-order valence-corrected chi connectivity index (χ4v) is 6.05. The van der Waals surface area contributed by atoms with Crippen molar-refractivity contribution in [3.05, 3.63) is 56.9 Å². The molecule has 0 bridgehead atoms. The van der Waals surface area contributed by atoms with Gasteiger partial charge in [0, 0.05) is 28.5 Å². The van der Waals surface area contributed by atoms with Crippen molar-refractivity contribution < 1.29 is 9.53 Å². The van der Waals surface area contributed by atoms with Crippen LogP contribution in [-0.4, -0.2) is 36.2 Å². The van der Waals surface area contributed by atoms with Gasteiger partial charge in [-0.15, -0.1) is 0 Å². The van der Waals surface area contributed by atoms with E-state index in [4.69, 9.17) is 9.73 Å². The smallest absolute Gasteiger partial charge is 0.269 e. The summed E-state index contributed by atoms with van der Waals surface area (Å²) < 4.78 is 6.35. The van der Waals surface area contributed by atoms with Crippen LogP contribution in [0.15, 0.2) is 66.8 Å². The van der Waals surface area contributed by atoms with E-state index in [-0.39, 0.29) is 5.91 Å². The van der Waals surface area contributed by atoms with Gasteiger partial charge in [-0.25, -0.2) is 4.99 Å². The highest BCUT2D eigenvalue weighted by atomic mass is 79.9. The number of likely N-dealkylation sites (N-methyl/N-ethyl adjacent to an activating group) is 1. The van der Waals surface area contributed by atoms with Gasteiger partial charge in [-0.05, 0) is 55.9 Å². The van der Waals surface area contributed by atoms with E-state index in [0.717, 1.165) is 43.0 Å². The van der Waals surface area contributed by atoms with Gasteiger partial charge in [0.05, 0.1) is 18.5 Å². The Kier molecular flexibility index (Phi) is 5.94. The number of amidine groups is 1. The number of anilines is 1. The van der Waals surface area contributed by atoms with Gasteiger partial charge in [0.2, 0.25) is 0 Å². The molecule has 0 aliphatic carbocycles. The maximum Gasteiger partial charge on any atom is 0.269 e. The van der Waals surface area contributed by atoms with Gasteiger partial charge in [0.25, 0.3) is 5.91 Å². The predicted molar refractivity (Wildman–Crippen MR) is 125 cm³/mol. The zero-order valence-corrected chi connectivity index (χ0v) is 19.5. The predicted octanol–water partition coefficient (Wildman–Crippen LogP) is 5.84. The Morgan fingerprint density at radius 1 is 1.07 bits per heavy atom. The van der Waals surface area contributed by atoms with Crippen molar-refractivity contribution in [2.75, 3.05) is 25.1 Å². The summed E-state index contributed by atoms with van der Waals surface area (Å²) in [5.41, 5.74) is 1.90. The fraction of sp³-hybridized carbons (Fsp3) is 0.238. The summed E-state index contributed by atoms with van der Waals surface area (Å²) in [4.78, 5) is 23.7. The largest absolute Gasteiger partial charge is 0.497 e. The standard InChI is InChI=1S/C21H20BrN3O2S2/c1-4-24-16-12-15(27-3)9-10-17(16)28-20(24)18-19(26)25(5-2)21(29-18)23-14-8-6-7-13(22)11-14/h6-12H,4-5H2,1-3H3. The molecule has 2 heterocycles. The number of carbonyl (C=O) groups excluding carboxylic acids is 1. The molecule has 0 N–H and O–H groups in total. The molecule has 1 saturated heterocycles. The fourth-order valence-electron chi connectivity index (χ4n) is 3.23. The third-order valence-electron chi connectivity index (χ3n) is 4.63. The third-order valence-corrected chi connectivity index (χ3v) is 7.50. The molecule has 0 aromatic heterocycles. The molecule has 150 valence electrons. The SMILES string of the molecule is CCN1C(=O)C(=C2Sc3ccc(OC)cc3N2CC)SC1=Nc1cccc(Br)c1. The zero-order valence-electron chi connectivity index (χ0n) is 16.3. The molecule has 0 unspecified atom stereocenters. The number of aliphatic imine (C=N–C) groups is 1. The van der Waals surface area contributed by atoms with Crippen molar-refractivity contribution in [2.24, 2.45) is 4.99 Å². The lowest BCUT2D eigenvalue weighted by atomic mass is 10.2. The van der Waals surface area contributed by atoms with Crippen LogP contribution in [0.5, 0.6) is 5.75 Å². The molecule has 8 heteroatoms. The van der Waals surface area contributed by atoms with Crippen LogP contribution >= 0.6 is 39.5 Å². The molecule has 2 aromatic rings. The van der Waals surface area contributed by atoms with Crippen LogP contribution in [0.3, 0.4) is 0 Å². The van der Waals surface area contributed by atoms with Crippen LogP contribution in [-0.2, 0) is 4.79 Å². The average molecular weight is 490 g/mol. The van der Waals surface area contributed by atoms with Gasteiger partial charge in [0.1, 0.15) is 15.7 Å². The summed E-state index contributed by atoms with van der Waals surface area (Å²) in [7, 11) is 1.67. The summed E-state index contributed by atoms with van der Waals surface area (Å²) in [6.45, 7) is 5.41. The molecular weight excluding hydrogens is 470 g/mol. The normalized spacial score (nSPS) is 20.0. The van der Waals surface area contributed by atoms with E-state index in [1.807, 2.05) is 49.4 Å². The van der Waals surface area contributed by atoms with E-state index in [1.165, 1.54) is 11.8 Å². The van der Waals surface area contributed by atoms with Crippen molar-refractivity contribution in [1.29, 1.82) is 0 Å². The number of fused-ring (bicyclic) bond motifs is 1. The van der Waals surface area contributed by atoms with Gasteiger partial charge in [-0.2, -0.15) is 0 Å². The highest BCUT2D eigenvalue weighted by Crippen LogP contribution is 2.51. The topological polar surface area (TPSA) is 45.1 Å². The molecule has 4 rings (SSSR count). The Morgan fingerprint density at radius 2 is 1.86 bits per heavy atom. The van der Waals surface area contributed by atoms with Crippen LogP contribution in [0.1, 0.15) is 13.8 Å². The van der Waals surface area contributed by atoms with Crippen LogP contribution in [0, 0.1) is 0 Å². The first-order valence-corrected chi connectivity index (χ1v) is 11.7. The second kappa shape index (κ2) is 8.45. The average Bonchev–Trinajstić information content (AvgIpc) is 3.23. The van der Waals surface area contributed by atoms with Crippen molar-refractivity contribution >= 4 is 61.9 Å². The number of halogens is 1. The van der Waals surface area contributed by atoms with E-state index in [1.54, 1.807) is 23.8 Å². The second-order valence-electron chi connectivity index (χ2n) is 6.34. The number of thioether (sulfide) groups is 2. The van der Waals surface area contributed by atoms with E-state index in [2.05, 4.69) is 27.8 Å². The van der Waals surface area contributed by atoms with Gasteiger partial charge < -0.3 is 9.64 Å². The van der Waals surface area contributed by atoms with E-state index < -0.39 is 0 Å². The molecule has 5 nitrogen and oxygen atoms in total. The molecule has 2 aliphatic heterocycles. The molecule has 1 fully saturated rings. The quantitative estimate of drug-likeness (QED) is 0.504. The van der Waals surface area contributed by atoms with Gasteiger partial charge >= 0.3 is 0 Å². The van der Waals surface area contributed by atoms with Crippen molar-refractivity contribution in [3.63, 3.8) is 0 Å². The van der Waals surface area contributed by atoms with Gasteiger partial charge in [-0.3, -0.25) is 9.69 Å². The Hall–Kier alpha value is -1.90. The summed E-state index contributed by atoms with van der Waals surface area (Å²) in [5, 5.41) is 1.67. The number of hydrogen-bond donors (Lipinski definition) is 0. The highest BCUT2D eigenvalue weighted by molar-refractivity contribution is 9.10. The summed E-state index contributed by atoms with van der Waals surface area (Å²) in [6.07, 6.45) is 0. The van der Waals surface area contributed by atoms with Crippen LogP contribution < -0.4 is 9.64 Å². The number of rotatable bonds is 4.